The number of halogens is 4. The molecule has 1 heterocycles. The van der Waals surface area contributed by atoms with Crippen molar-refractivity contribution in [3.05, 3.63) is 68.7 Å². The van der Waals surface area contributed by atoms with E-state index in [4.69, 9.17) is 46.4 Å². The minimum Gasteiger partial charge on any atom is -0.292 e. The lowest BCUT2D eigenvalue weighted by molar-refractivity contribution is -0.156. The van der Waals surface area contributed by atoms with Gasteiger partial charge in [0.25, 0.3) is 17.7 Å². The number of fused-ring (bicyclic) bond motifs is 1. The predicted molar refractivity (Wildman–Crippen MR) is 139 cm³/mol. The first-order chi connectivity index (χ1) is 17.1. The highest BCUT2D eigenvalue weighted by Gasteiger charge is 2.54. The SMILES string of the molecule is C[C@@H]1CC[C@@H]2C(=O)N(N(C(=O)c3ccc(Cl)c(Cl)c3)[C@@H](CCCl)C(=O)c3ccc(Cl)cc3)C(=O)[C@H]2C1. The summed E-state index contributed by atoms with van der Waals surface area (Å²) in [7, 11) is 0. The van der Waals surface area contributed by atoms with Gasteiger partial charge in [0.05, 0.1) is 21.9 Å². The van der Waals surface area contributed by atoms with Crippen LogP contribution in [-0.2, 0) is 9.59 Å². The fourth-order valence-electron chi connectivity index (χ4n) is 4.99. The Hall–Kier alpha value is -2.12. The third-order valence-electron chi connectivity index (χ3n) is 6.86. The number of amides is 3. The van der Waals surface area contributed by atoms with Crippen molar-refractivity contribution in [3.8, 4) is 0 Å². The standard InChI is InChI=1S/C26H24Cl4N2O4/c1-14-2-8-18-19(12-14)26(36)32(25(18)35)31(24(34)16-5-9-20(29)21(30)13-16)22(10-11-27)23(33)15-3-6-17(28)7-4-15/h3-7,9,13-14,18-19,22H,2,8,10-12H2,1H3/t14-,18+,19+,22+/m1/s1. The van der Waals surface area contributed by atoms with Crippen molar-refractivity contribution in [2.45, 2.75) is 38.6 Å². The molecule has 0 unspecified atom stereocenters. The zero-order chi connectivity index (χ0) is 26.1. The highest BCUT2D eigenvalue weighted by atomic mass is 35.5. The van der Waals surface area contributed by atoms with Gasteiger partial charge in [-0.2, -0.15) is 5.01 Å². The number of hydrogen-bond donors (Lipinski definition) is 0. The summed E-state index contributed by atoms with van der Waals surface area (Å²) in [5.74, 6) is -2.93. The molecule has 2 aliphatic rings. The van der Waals surface area contributed by atoms with Gasteiger partial charge in [0.1, 0.15) is 6.04 Å². The molecular weight excluding hydrogens is 546 g/mol. The van der Waals surface area contributed by atoms with E-state index in [0.29, 0.717) is 17.9 Å². The minimum atomic E-state index is -1.21. The second-order valence-corrected chi connectivity index (χ2v) is 10.9. The summed E-state index contributed by atoms with van der Waals surface area (Å²) in [5, 5.41) is 2.66. The Kier molecular flexibility index (Phi) is 8.30. The van der Waals surface area contributed by atoms with Crippen molar-refractivity contribution in [1.29, 1.82) is 0 Å². The molecule has 0 radical (unpaired) electrons. The van der Waals surface area contributed by atoms with Crippen molar-refractivity contribution in [1.82, 2.24) is 10.0 Å². The van der Waals surface area contributed by atoms with Gasteiger partial charge < -0.3 is 0 Å². The molecule has 10 heteroatoms. The van der Waals surface area contributed by atoms with Gasteiger partial charge in [-0.1, -0.05) is 41.7 Å². The molecule has 4 rings (SSSR count). The summed E-state index contributed by atoms with van der Waals surface area (Å²) in [4.78, 5) is 54.8. The van der Waals surface area contributed by atoms with Crippen LogP contribution in [0.3, 0.4) is 0 Å². The number of Topliss-reactive ketones (excluding diaryl/α,β-unsaturated/α-hetero) is 1. The third-order valence-corrected chi connectivity index (χ3v) is 8.07. The highest BCUT2D eigenvalue weighted by Crippen LogP contribution is 2.42. The zero-order valence-electron chi connectivity index (χ0n) is 19.4. The van der Waals surface area contributed by atoms with E-state index in [1.165, 1.54) is 30.3 Å². The van der Waals surface area contributed by atoms with E-state index in [2.05, 4.69) is 0 Å². The van der Waals surface area contributed by atoms with Crippen molar-refractivity contribution in [2.24, 2.45) is 17.8 Å². The summed E-state index contributed by atoms with van der Waals surface area (Å²) < 4.78 is 0. The molecule has 2 fully saturated rings. The topological polar surface area (TPSA) is 74.8 Å². The Labute approximate surface area is 229 Å². The van der Waals surface area contributed by atoms with Crippen LogP contribution in [0, 0.1) is 17.8 Å². The molecule has 2 aromatic rings. The zero-order valence-corrected chi connectivity index (χ0v) is 22.4. The average Bonchev–Trinajstić information content (AvgIpc) is 3.09. The first-order valence-electron chi connectivity index (χ1n) is 11.7. The first-order valence-corrected chi connectivity index (χ1v) is 13.3. The van der Waals surface area contributed by atoms with Gasteiger partial charge in [-0.25, -0.2) is 5.01 Å². The van der Waals surface area contributed by atoms with E-state index >= 15 is 0 Å². The maximum absolute atomic E-state index is 13.9. The summed E-state index contributed by atoms with van der Waals surface area (Å²) in [6.07, 6.45) is 1.92. The molecule has 0 spiro atoms. The van der Waals surface area contributed by atoms with Crippen LogP contribution in [0.1, 0.15) is 53.3 Å². The molecule has 3 amide bonds. The van der Waals surface area contributed by atoms with Crippen LogP contribution in [0.4, 0.5) is 0 Å². The minimum absolute atomic E-state index is 0.00919. The molecule has 0 aromatic heterocycles. The van der Waals surface area contributed by atoms with Crippen LogP contribution in [0.15, 0.2) is 42.5 Å². The van der Waals surface area contributed by atoms with Crippen LogP contribution in [0.5, 0.6) is 0 Å². The number of hydrazine groups is 1. The molecule has 6 nitrogen and oxygen atoms in total. The molecule has 36 heavy (non-hydrogen) atoms. The average molecular weight is 570 g/mol. The molecule has 0 bridgehead atoms. The van der Waals surface area contributed by atoms with Gasteiger partial charge in [0.15, 0.2) is 5.78 Å². The van der Waals surface area contributed by atoms with Gasteiger partial charge in [-0.3, -0.25) is 19.2 Å². The molecule has 190 valence electrons. The second-order valence-electron chi connectivity index (χ2n) is 9.26. The molecule has 0 N–H and O–H groups in total. The van der Waals surface area contributed by atoms with Crippen LogP contribution in [-0.4, -0.2) is 45.4 Å². The Balaban J connectivity index is 1.81. The van der Waals surface area contributed by atoms with Crippen molar-refractivity contribution in [3.63, 3.8) is 0 Å². The second kappa shape index (κ2) is 11.1. The number of rotatable bonds is 7. The van der Waals surface area contributed by atoms with Crippen molar-refractivity contribution in [2.75, 3.05) is 5.88 Å². The number of benzene rings is 2. The van der Waals surface area contributed by atoms with Gasteiger partial charge in [0.2, 0.25) is 0 Å². The van der Waals surface area contributed by atoms with Gasteiger partial charge in [-0.05, 0) is 74.1 Å². The lowest BCUT2D eigenvalue weighted by Gasteiger charge is -2.36. The number of ketones is 1. The largest absolute Gasteiger partial charge is 0.292 e. The Bertz CT molecular complexity index is 1200. The first kappa shape index (κ1) is 26.9. The smallest absolute Gasteiger partial charge is 0.273 e. The monoisotopic (exact) mass is 568 g/mol. The summed E-state index contributed by atoms with van der Waals surface area (Å²) in [5.41, 5.74) is 0.350. The van der Waals surface area contributed by atoms with Crippen molar-refractivity contribution < 1.29 is 19.2 Å². The lowest BCUT2D eigenvalue weighted by Crippen LogP contribution is -2.57. The molecule has 2 aromatic carbocycles. The van der Waals surface area contributed by atoms with E-state index < -0.39 is 41.4 Å². The van der Waals surface area contributed by atoms with E-state index in [1.54, 1.807) is 12.1 Å². The van der Waals surface area contributed by atoms with E-state index in [0.717, 1.165) is 16.4 Å². The maximum Gasteiger partial charge on any atom is 0.273 e. The molecular formula is C26H24Cl4N2O4. The van der Waals surface area contributed by atoms with Crippen LogP contribution in [0.2, 0.25) is 15.1 Å². The Morgan fingerprint density at radius 2 is 1.58 bits per heavy atom. The van der Waals surface area contributed by atoms with E-state index in [1.807, 2.05) is 6.92 Å². The quantitative estimate of drug-likeness (QED) is 0.222. The Morgan fingerprint density at radius 1 is 0.944 bits per heavy atom. The van der Waals surface area contributed by atoms with Crippen LogP contribution < -0.4 is 0 Å². The number of hydrogen-bond acceptors (Lipinski definition) is 4. The van der Waals surface area contributed by atoms with Crippen LogP contribution in [0.25, 0.3) is 0 Å². The van der Waals surface area contributed by atoms with E-state index in [9.17, 15) is 19.2 Å². The number of nitrogens with zero attached hydrogens (tertiary/aromatic N) is 2. The molecule has 1 saturated carbocycles. The fourth-order valence-corrected chi connectivity index (χ4v) is 5.62. The molecule has 4 atom stereocenters. The fraction of sp³-hybridized carbons (Fsp3) is 0.385. The number of carbonyl (C=O) groups excluding carboxylic acids is 4. The van der Waals surface area contributed by atoms with Crippen LogP contribution >= 0.6 is 46.4 Å². The lowest BCUT2D eigenvalue weighted by atomic mass is 9.76. The number of alkyl halides is 1. The normalized spacial score (nSPS) is 22.4. The number of carbonyl (C=O) groups is 4. The molecule has 1 saturated heterocycles. The Morgan fingerprint density at radius 3 is 2.22 bits per heavy atom. The molecule has 1 aliphatic carbocycles. The predicted octanol–water partition coefficient (Wildman–Crippen LogP) is 6.31. The van der Waals surface area contributed by atoms with Gasteiger partial charge in [-0.15, -0.1) is 11.6 Å². The summed E-state index contributed by atoms with van der Waals surface area (Å²) in [6.45, 7) is 2.04. The maximum atomic E-state index is 13.9. The van der Waals surface area contributed by atoms with Crippen molar-refractivity contribution >= 4 is 69.9 Å². The van der Waals surface area contributed by atoms with Gasteiger partial charge in [0, 0.05) is 22.0 Å². The summed E-state index contributed by atoms with van der Waals surface area (Å²) >= 11 is 24.3. The van der Waals surface area contributed by atoms with E-state index in [-0.39, 0.29) is 39.4 Å². The molecule has 1 aliphatic heterocycles. The number of imide groups is 1. The van der Waals surface area contributed by atoms with Gasteiger partial charge >= 0.3 is 0 Å². The summed E-state index contributed by atoms with van der Waals surface area (Å²) in [6, 6.07) is 9.20. The highest BCUT2D eigenvalue weighted by molar-refractivity contribution is 6.42. The third kappa shape index (κ3) is 5.14.